The van der Waals surface area contributed by atoms with E-state index in [0.717, 1.165) is 5.57 Å². The molecule has 0 heterocycles. The molecule has 0 unspecified atom stereocenters. The second kappa shape index (κ2) is 3.81. The summed E-state index contributed by atoms with van der Waals surface area (Å²) in [5, 5.41) is 0. The first-order valence-corrected chi connectivity index (χ1v) is 3.38. The van der Waals surface area contributed by atoms with E-state index >= 15 is 0 Å². The maximum atomic E-state index is 5.54. The van der Waals surface area contributed by atoms with E-state index in [4.69, 9.17) is 11.5 Å². The van der Waals surface area contributed by atoms with Gasteiger partial charge in [-0.05, 0) is 26.3 Å². The highest BCUT2D eigenvalue weighted by Gasteiger charge is 1.98. The normalized spacial score (nSPS) is 14.3. The summed E-state index contributed by atoms with van der Waals surface area (Å²) in [5.74, 6) is 0.493. The van der Waals surface area contributed by atoms with Gasteiger partial charge in [0.25, 0.3) is 0 Å². The molecule has 3 nitrogen and oxygen atoms in total. The molecule has 0 rings (SSSR count). The van der Waals surface area contributed by atoms with Crippen LogP contribution in [0.5, 0.6) is 0 Å². The zero-order chi connectivity index (χ0) is 9.02. The molecule has 3 heteroatoms. The molecule has 0 aliphatic rings. The highest BCUT2D eigenvalue weighted by molar-refractivity contribution is 5.79. The van der Waals surface area contributed by atoms with Crippen LogP contribution in [0.2, 0.25) is 0 Å². The summed E-state index contributed by atoms with van der Waals surface area (Å²) >= 11 is 0. The molecule has 0 saturated carbocycles. The van der Waals surface area contributed by atoms with E-state index in [9.17, 15) is 0 Å². The van der Waals surface area contributed by atoms with E-state index in [-0.39, 0.29) is 0 Å². The molecule has 0 aromatic carbocycles. The molecule has 0 aromatic rings. The second-order valence-corrected chi connectivity index (χ2v) is 2.57. The molecule has 0 bridgehead atoms. The topological polar surface area (TPSA) is 64.4 Å². The Morgan fingerprint density at radius 1 is 1.18 bits per heavy atom. The lowest BCUT2D eigenvalue weighted by Crippen LogP contribution is -2.07. The van der Waals surface area contributed by atoms with E-state index in [1.807, 2.05) is 6.92 Å². The van der Waals surface area contributed by atoms with Crippen LogP contribution >= 0.6 is 0 Å². The molecule has 0 saturated heterocycles. The maximum absolute atomic E-state index is 5.54. The van der Waals surface area contributed by atoms with E-state index in [2.05, 4.69) is 11.6 Å². The molecule has 0 amide bonds. The third-order valence-electron chi connectivity index (χ3n) is 1.07. The van der Waals surface area contributed by atoms with Crippen molar-refractivity contribution in [1.82, 2.24) is 0 Å². The average molecular weight is 153 g/mol. The minimum absolute atomic E-state index is 0.493. The van der Waals surface area contributed by atoms with Gasteiger partial charge < -0.3 is 11.5 Å². The van der Waals surface area contributed by atoms with Crippen molar-refractivity contribution in [3.63, 3.8) is 0 Å². The fourth-order valence-electron chi connectivity index (χ4n) is 0.697. The minimum Gasteiger partial charge on any atom is -0.401 e. The fraction of sp³-hybridized carbons (Fsp3) is 0.375. The molecular weight excluding hydrogens is 138 g/mol. The predicted molar refractivity (Wildman–Crippen MR) is 49.0 cm³/mol. The van der Waals surface area contributed by atoms with Gasteiger partial charge in [0, 0.05) is 5.70 Å². The Balaban J connectivity index is 4.81. The number of aliphatic imine (C=N–C) groups is 1. The highest BCUT2D eigenvalue weighted by Crippen LogP contribution is 2.10. The van der Waals surface area contributed by atoms with Crippen LogP contribution in [-0.2, 0) is 0 Å². The van der Waals surface area contributed by atoms with Crippen LogP contribution in [0.3, 0.4) is 0 Å². The van der Waals surface area contributed by atoms with Crippen LogP contribution in [0.1, 0.15) is 20.8 Å². The Morgan fingerprint density at radius 3 is 1.73 bits per heavy atom. The molecule has 4 N–H and O–H groups in total. The lowest BCUT2D eigenvalue weighted by atomic mass is 10.2. The summed E-state index contributed by atoms with van der Waals surface area (Å²) in [6, 6.07) is 0. The van der Waals surface area contributed by atoms with E-state index in [1.165, 1.54) is 0 Å². The van der Waals surface area contributed by atoms with Crippen LogP contribution in [0, 0.1) is 0 Å². The maximum Gasteiger partial charge on any atom is 0.0965 e. The first-order valence-electron chi connectivity index (χ1n) is 3.38. The molecule has 0 aliphatic heterocycles. The second-order valence-electron chi connectivity index (χ2n) is 2.57. The van der Waals surface area contributed by atoms with Crippen molar-refractivity contribution in [3.8, 4) is 0 Å². The Hall–Kier alpha value is -1.25. The molecule has 62 valence electrons. The zero-order valence-electron chi connectivity index (χ0n) is 7.31. The molecule has 0 spiro atoms. The van der Waals surface area contributed by atoms with E-state index < -0.39 is 0 Å². The monoisotopic (exact) mass is 153 g/mol. The van der Waals surface area contributed by atoms with Gasteiger partial charge in [-0.15, -0.1) is 0 Å². The lowest BCUT2D eigenvalue weighted by Gasteiger charge is -2.02. The summed E-state index contributed by atoms with van der Waals surface area (Å²) in [6.07, 6.45) is 0. The van der Waals surface area contributed by atoms with Crippen molar-refractivity contribution in [2.75, 3.05) is 0 Å². The van der Waals surface area contributed by atoms with Crippen molar-refractivity contribution in [1.29, 1.82) is 0 Å². The summed E-state index contributed by atoms with van der Waals surface area (Å²) in [4.78, 5) is 4.03. The molecule has 11 heavy (non-hydrogen) atoms. The Morgan fingerprint density at radius 2 is 1.64 bits per heavy atom. The SMILES string of the molecule is C=C(C)/C(N=C(C)N)=C(\C)N. The van der Waals surface area contributed by atoms with Gasteiger partial charge in [0.1, 0.15) is 0 Å². The number of rotatable bonds is 2. The third-order valence-corrected chi connectivity index (χ3v) is 1.07. The van der Waals surface area contributed by atoms with Gasteiger partial charge in [-0.25, -0.2) is 4.99 Å². The van der Waals surface area contributed by atoms with Crippen molar-refractivity contribution in [2.24, 2.45) is 16.5 Å². The van der Waals surface area contributed by atoms with Gasteiger partial charge in [-0.2, -0.15) is 0 Å². The minimum atomic E-state index is 0.493. The van der Waals surface area contributed by atoms with Crippen LogP contribution in [-0.4, -0.2) is 5.84 Å². The third kappa shape index (κ3) is 3.45. The Labute approximate surface area is 67.5 Å². The van der Waals surface area contributed by atoms with Crippen molar-refractivity contribution in [2.45, 2.75) is 20.8 Å². The Bertz CT molecular complexity index is 215. The van der Waals surface area contributed by atoms with Crippen LogP contribution in [0.25, 0.3) is 0 Å². The largest absolute Gasteiger partial charge is 0.401 e. The molecule has 0 radical (unpaired) electrons. The standard InChI is InChI=1S/C8H15N3/c1-5(2)8(6(3)9)11-7(4)10/h1,9H2,2-4H3,(H2,10,11)/b8-6-. The van der Waals surface area contributed by atoms with Crippen molar-refractivity contribution < 1.29 is 0 Å². The molecule has 0 aromatic heterocycles. The highest BCUT2D eigenvalue weighted by atomic mass is 14.9. The lowest BCUT2D eigenvalue weighted by molar-refractivity contribution is 1.15. The fourth-order valence-corrected chi connectivity index (χ4v) is 0.697. The van der Waals surface area contributed by atoms with Crippen molar-refractivity contribution in [3.05, 3.63) is 23.5 Å². The summed E-state index contributed by atoms with van der Waals surface area (Å²) < 4.78 is 0. The predicted octanol–water partition coefficient (Wildman–Crippen LogP) is 1.13. The van der Waals surface area contributed by atoms with Gasteiger partial charge in [0.05, 0.1) is 11.5 Å². The zero-order valence-corrected chi connectivity index (χ0v) is 7.31. The first kappa shape index (κ1) is 9.75. The van der Waals surface area contributed by atoms with E-state index in [1.54, 1.807) is 13.8 Å². The molecular formula is C8H15N3. The molecule has 0 fully saturated rings. The summed E-state index contributed by atoms with van der Waals surface area (Å²) in [6.45, 7) is 9.06. The smallest absolute Gasteiger partial charge is 0.0965 e. The first-order chi connectivity index (χ1) is 4.95. The number of hydrogen-bond donors (Lipinski definition) is 2. The quantitative estimate of drug-likeness (QED) is 0.355. The van der Waals surface area contributed by atoms with Gasteiger partial charge in [-0.1, -0.05) is 6.58 Å². The number of hydrogen-bond acceptors (Lipinski definition) is 2. The van der Waals surface area contributed by atoms with E-state index in [0.29, 0.717) is 17.2 Å². The number of nitrogens with two attached hydrogens (primary N) is 2. The molecule has 0 atom stereocenters. The molecule has 0 aliphatic carbocycles. The van der Waals surface area contributed by atoms with Crippen LogP contribution < -0.4 is 11.5 Å². The van der Waals surface area contributed by atoms with Crippen LogP contribution in [0.4, 0.5) is 0 Å². The summed E-state index contributed by atoms with van der Waals surface area (Å²) in [5.41, 5.74) is 13.1. The number of allylic oxidation sites excluding steroid dienone is 2. The number of amidine groups is 1. The average Bonchev–Trinajstić information content (AvgIpc) is 1.81. The van der Waals surface area contributed by atoms with Gasteiger partial charge in [0.15, 0.2) is 0 Å². The van der Waals surface area contributed by atoms with Gasteiger partial charge in [-0.3, -0.25) is 0 Å². The van der Waals surface area contributed by atoms with Crippen LogP contribution in [0.15, 0.2) is 28.5 Å². The van der Waals surface area contributed by atoms with Gasteiger partial charge in [0.2, 0.25) is 0 Å². The summed E-state index contributed by atoms with van der Waals surface area (Å²) in [7, 11) is 0. The number of nitrogens with zero attached hydrogens (tertiary/aromatic N) is 1. The Kier molecular flexibility index (Phi) is 3.37. The van der Waals surface area contributed by atoms with Gasteiger partial charge >= 0.3 is 0 Å². The van der Waals surface area contributed by atoms with Crippen molar-refractivity contribution >= 4 is 5.84 Å².